The normalized spacial score (nSPS) is 19.6. The van der Waals surface area contributed by atoms with E-state index in [0.29, 0.717) is 30.9 Å². The molecule has 1 aliphatic heterocycles. The van der Waals surface area contributed by atoms with Gasteiger partial charge in [0.05, 0.1) is 24.0 Å². The van der Waals surface area contributed by atoms with Crippen molar-refractivity contribution in [2.75, 3.05) is 24.5 Å². The van der Waals surface area contributed by atoms with Gasteiger partial charge in [-0.2, -0.15) is 18.3 Å². The fourth-order valence-corrected chi connectivity index (χ4v) is 3.83. The lowest BCUT2D eigenvalue weighted by Crippen LogP contribution is -2.53. The Morgan fingerprint density at radius 1 is 1.39 bits per heavy atom. The number of piperazine rings is 1. The van der Waals surface area contributed by atoms with E-state index in [9.17, 15) is 18.0 Å². The summed E-state index contributed by atoms with van der Waals surface area (Å²) in [6.45, 7) is 5.65. The van der Waals surface area contributed by atoms with Gasteiger partial charge in [0.2, 0.25) is 0 Å². The SMILES string of the molecule is CC(c1cccnc1CC(F)(F)F)N1CCN(c2cn[nH]c(=O)c2Cl)C(C)C1. The monoisotopic (exact) mass is 415 g/mol. The molecule has 0 spiro atoms. The summed E-state index contributed by atoms with van der Waals surface area (Å²) in [5, 5.41) is 6.19. The van der Waals surface area contributed by atoms with Crippen LogP contribution >= 0.6 is 11.6 Å². The molecule has 0 radical (unpaired) electrons. The highest BCUT2D eigenvalue weighted by Crippen LogP contribution is 2.31. The molecule has 3 rings (SSSR count). The van der Waals surface area contributed by atoms with E-state index in [1.807, 2.05) is 18.7 Å². The van der Waals surface area contributed by atoms with Crippen molar-refractivity contribution in [3.8, 4) is 0 Å². The number of hydrogen-bond acceptors (Lipinski definition) is 5. The Kier molecular flexibility index (Phi) is 5.95. The number of anilines is 1. The minimum atomic E-state index is -4.31. The van der Waals surface area contributed by atoms with Gasteiger partial charge in [-0.05, 0) is 25.5 Å². The summed E-state index contributed by atoms with van der Waals surface area (Å²) in [6.07, 6.45) is -2.45. The first-order valence-corrected chi connectivity index (χ1v) is 9.29. The number of alkyl halides is 3. The number of aromatic amines is 1. The van der Waals surface area contributed by atoms with E-state index in [1.54, 1.807) is 12.1 Å². The second-order valence-corrected chi connectivity index (χ2v) is 7.32. The van der Waals surface area contributed by atoms with Gasteiger partial charge in [-0.3, -0.25) is 14.7 Å². The molecule has 2 unspecified atom stereocenters. The van der Waals surface area contributed by atoms with Gasteiger partial charge >= 0.3 is 6.18 Å². The lowest BCUT2D eigenvalue weighted by molar-refractivity contribution is -0.128. The first-order chi connectivity index (χ1) is 13.2. The van der Waals surface area contributed by atoms with E-state index in [2.05, 4.69) is 20.1 Å². The third-order valence-corrected chi connectivity index (χ3v) is 5.40. The largest absolute Gasteiger partial charge is 0.394 e. The molecule has 1 aliphatic rings. The van der Waals surface area contributed by atoms with Crippen molar-refractivity contribution in [1.82, 2.24) is 20.1 Å². The van der Waals surface area contributed by atoms with E-state index in [1.165, 1.54) is 12.4 Å². The van der Waals surface area contributed by atoms with Crippen molar-refractivity contribution in [3.63, 3.8) is 0 Å². The molecule has 1 N–H and O–H groups in total. The fourth-order valence-electron chi connectivity index (χ4n) is 3.63. The quantitative estimate of drug-likeness (QED) is 0.830. The third kappa shape index (κ3) is 4.47. The number of H-pyrrole nitrogens is 1. The smallest absolute Gasteiger partial charge is 0.364 e. The summed E-state index contributed by atoms with van der Waals surface area (Å²) in [5.41, 5.74) is 0.745. The van der Waals surface area contributed by atoms with E-state index >= 15 is 0 Å². The fraction of sp³-hybridized carbons (Fsp3) is 0.500. The van der Waals surface area contributed by atoms with Crippen molar-refractivity contribution in [1.29, 1.82) is 0 Å². The van der Waals surface area contributed by atoms with Crippen LogP contribution in [0.2, 0.25) is 5.02 Å². The average Bonchev–Trinajstić information content (AvgIpc) is 2.63. The molecule has 10 heteroatoms. The van der Waals surface area contributed by atoms with Gasteiger partial charge in [-0.25, -0.2) is 5.10 Å². The van der Waals surface area contributed by atoms with Gasteiger partial charge in [-0.15, -0.1) is 0 Å². The van der Waals surface area contributed by atoms with E-state index in [-0.39, 0.29) is 22.8 Å². The Bertz CT molecular complexity index is 888. The minimum absolute atomic E-state index is 0.0000348. The highest BCUT2D eigenvalue weighted by atomic mass is 35.5. The van der Waals surface area contributed by atoms with Crippen LogP contribution in [0, 0.1) is 0 Å². The molecule has 2 atom stereocenters. The summed E-state index contributed by atoms with van der Waals surface area (Å²) in [5.74, 6) is 0. The molecule has 1 fully saturated rings. The maximum Gasteiger partial charge on any atom is 0.394 e. The Hall–Kier alpha value is -2.13. The van der Waals surface area contributed by atoms with E-state index in [4.69, 9.17) is 11.6 Å². The molecule has 0 saturated carbocycles. The zero-order valence-electron chi connectivity index (χ0n) is 15.5. The minimum Gasteiger partial charge on any atom is -0.364 e. The van der Waals surface area contributed by atoms with Gasteiger partial charge in [0, 0.05) is 37.9 Å². The van der Waals surface area contributed by atoms with Crippen molar-refractivity contribution < 1.29 is 13.2 Å². The van der Waals surface area contributed by atoms with Crippen molar-refractivity contribution in [3.05, 3.63) is 51.2 Å². The summed E-state index contributed by atoms with van der Waals surface area (Å²) < 4.78 is 38.7. The lowest BCUT2D eigenvalue weighted by Gasteiger charge is -2.43. The number of aromatic nitrogens is 3. The lowest BCUT2D eigenvalue weighted by atomic mass is 10.0. The van der Waals surface area contributed by atoms with Crippen LogP contribution in [0.1, 0.15) is 31.1 Å². The molecule has 0 aliphatic carbocycles. The van der Waals surface area contributed by atoms with E-state index in [0.717, 1.165) is 0 Å². The number of nitrogens with zero attached hydrogens (tertiary/aromatic N) is 4. The Labute approximate surface area is 165 Å². The first-order valence-electron chi connectivity index (χ1n) is 8.92. The van der Waals surface area contributed by atoms with Crippen LogP contribution < -0.4 is 10.5 Å². The molecular formula is C18H21ClF3N5O. The molecule has 28 heavy (non-hydrogen) atoms. The summed E-state index contributed by atoms with van der Waals surface area (Å²) in [7, 11) is 0. The average molecular weight is 416 g/mol. The number of rotatable bonds is 4. The predicted octanol–water partition coefficient (Wildman–Crippen LogP) is 3.19. The van der Waals surface area contributed by atoms with E-state index < -0.39 is 18.2 Å². The van der Waals surface area contributed by atoms with Gasteiger partial charge in [0.1, 0.15) is 5.02 Å². The molecule has 2 aromatic heterocycles. The standard InChI is InChI=1S/C18H21ClF3N5O/c1-11-10-26(6-7-27(11)15-9-24-25-17(28)16(15)19)12(2)13-4-3-5-23-14(13)8-18(20,21)22/h3-5,9,11-12H,6-8,10H2,1-2H3,(H,25,28). The summed E-state index contributed by atoms with van der Waals surface area (Å²) >= 11 is 6.12. The molecule has 0 aromatic carbocycles. The number of hydrogen-bond donors (Lipinski definition) is 1. The van der Waals surface area contributed by atoms with Gasteiger partial charge in [-0.1, -0.05) is 17.7 Å². The third-order valence-electron chi connectivity index (χ3n) is 5.04. The Balaban J connectivity index is 1.77. The Morgan fingerprint density at radius 3 is 2.82 bits per heavy atom. The molecule has 3 heterocycles. The first kappa shape index (κ1) is 20.6. The molecule has 2 aromatic rings. The van der Waals surface area contributed by atoms with Crippen LogP contribution in [0.15, 0.2) is 29.3 Å². The number of halogens is 4. The highest BCUT2D eigenvalue weighted by molar-refractivity contribution is 6.33. The van der Waals surface area contributed by atoms with Gasteiger partial charge in [0.15, 0.2) is 0 Å². The van der Waals surface area contributed by atoms with Crippen LogP contribution in [-0.2, 0) is 6.42 Å². The number of pyridine rings is 1. The molecule has 152 valence electrons. The Morgan fingerprint density at radius 2 is 2.14 bits per heavy atom. The van der Waals surface area contributed by atoms with Gasteiger partial charge in [0.25, 0.3) is 5.56 Å². The predicted molar refractivity (Wildman–Crippen MR) is 101 cm³/mol. The van der Waals surface area contributed by atoms with Crippen molar-refractivity contribution in [2.24, 2.45) is 0 Å². The van der Waals surface area contributed by atoms with Crippen LogP contribution in [0.4, 0.5) is 18.9 Å². The van der Waals surface area contributed by atoms with Crippen LogP contribution in [0.3, 0.4) is 0 Å². The maximum absolute atomic E-state index is 12.9. The molecule has 0 bridgehead atoms. The van der Waals surface area contributed by atoms with Crippen LogP contribution in [0.5, 0.6) is 0 Å². The molecule has 1 saturated heterocycles. The number of nitrogens with one attached hydrogen (secondary N) is 1. The van der Waals surface area contributed by atoms with Crippen molar-refractivity contribution in [2.45, 2.75) is 38.5 Å². The van der Waals surface area contributed by atoms with Crippen LogP contribution in [-0.4, -0.2) is 51.9 Å². The summed E-state index contributed by atoms with van der Waals surface area (Å²) in [6, 6.07) is 3.14. The molecular weight excluding hydrogens is 395 g/mol. The van der Waals surface area contributed by atoms with Crippen LogP contribution in [0.25, 0.3) is 0 Å². The molecule has 6 nitrogen and oxygen atoms in total. The zero-order chi connectivity index (χ0) is 20.5. The zero-order valence-corrected chi connectivity index (χ0v) is 16.3. The second-order valence-electron chi connectivity index (χ2n) is 6.94. The molecule has 0 amide bonds. The summed E-state index contributed by atoms with van der Waals surface area (Å²) in [4.78, 5) is 19.8. The highest BCUT2D eigenvalue weighted by Gasteiger charge is 2.33. The maximum atomic E-state index is 12.9. The van der Waals surface area contributed by atoms with Gasteiger partial charge < -0.3 is 4.90 Å². The topological polar surface area (TPSA) is 65.1 Å². The van der Waals surface area contributed by atoms with Crippen molar-refractivity contribution >= 4 is 17.3 Å². The second kappa shape index (κ2) is 8.08.